The number of likely N-dealkylation sites (tertiary alicyclic amines) is 1. The van der Waals surface area contributed by atoms with E-state index in [1.165, 1.54) is 4.52 Å². The van der Waals surface area contributed by atoms with Crippen LogP contribution in [0, 0.1) is 0 Å². The minimum Gasteiger partial charge on any atom is -0.506 e. The van der Waals surface area contributed by atoms with Gasteiger partial charge in [-0.15, -0.1) is 5.10 Å². The maximum atomic E-state index is 14.4. The Labute approximate surface area is 295 Å². The molecule has 1 amide bonds. The molecule has 2 N–H and O–H groups in total. The van der Waals surface area contributed by atoms with Crippen molar-refractivity contribution in [2.24, 2.45) is 0 Å². The summed E-state index contributed by atoms with van der Waals surface area (Å²) in [6.45, 7) is 4.79. The van der Waals surface area contributed by atoms with Crippen molar-refractivity contribution >= 4 is 41.4 Å². The molecular weight excluding hydrogens is 706 g/mol. The van der Waals surface area contributed by atoms with Crippen LogP contribution in [0.5, 0.6) is 5.75 Å². The predicted octanol–water partition coefficient (Wildman–Crippen LogP) is 5.70. The number of benzene rings is 2. The van der Waals surface area contributed by atoms with Gasteiger partial charge >= 0.3 is 6.18 Å². The molecule has 2 aliphatic rings. The van der Waals surface area contributed by atoms with Gasteiger partial charge in [-0.1, -0.05) is 35.9 Å². The van der Waals surface area contributed by atoms with E-state index in [-0.39, 0.29) is 40.2 Å². The highest BCUT2D eigenvalue weighted by atomic mass is 35.5. The Morgan fingerprint density at radius 2 is 1.80 bits per heavy atom. The van der Waals surface area contributed by atoms with E-state index in [0.717, 1.165) is 18.2 Å². The number of nitrogens with one attached hydrogen (secondary N) is 1. The van der Waals surface area contributed by atoms with Crippen LogP contribution in [0.2, 0.25) is 5.02 Å². The molecule has 0 saturated carbocycles. The number of aromatic hydroxyl groups is 1. The van der Waals surface area contributed by atoms with Gasteiger partial charge in [0.1, 0.15) is 19.4 Å². The standard InChI is InChI=1S/C35H34ClF3N7O4P/c1-51(2,50)23-8-5-21(6-9-23)31-42-33-45(20-29(48)41-25-10-7-22(18-24(25)36)35(37,38)39)27-11-12-34(30(27)32(49)46(33)43-31)13-16-44(17-14-34)19-26-28(47)4-3-15-40-26/h3-10,15,18,47H,11-14,16-17,19-20H2,1-2H3,(H,41,48). The first-order chi connectivity index (χ1) is 24.1. The molecule has 51 heavy (non-hydrogen) atoms. The summed E-state index contributed by atoms with van der Waals surface area (Å²) in [7, 11) is -2.52. The van der Waals surface area contributed by atoms with E-state index in [0.29, 0.717) is 73.1 Å². The summed E-state index contributed by atoms with van der Waals surface area (Å²) in [6.07, 6.45) is -0.496. The lowest BCUT2D eigenvalue weighted by atomic mass is 9.74. The van der Waals surface area contributed by atoms with Gasteiger partial charge in [-0.2, -0.15) is 22.7 Å². The fourth-order valence-electron chi connectivity index (χ4n) is 7.16. The Morgan fingerprint density at radius 1 is 1.08 bits per heavy atom. The van der Waals surface area contributed by atoms with Crippen molar-refractivity contribution in [3.8, 4) is 17.1 Å². The number of rotatable bonds is 7. The molecule has 0 atom stereocenters. The number of carbonyl (C=O) groups is 1. The second-order valence-electron chi connectivity index (χ2n) is 13.5. The molecule has 16 heteroatoms. The van der Waals surface area contributed by atoms with Crippen LogP contribution in [0.25, 0.3) is 17.2 Å². The molecule has 0 bridgehead atoms. The number of pyridine rings is 1. The van der Waals surface area contributed by atoms with Gasteiger partial charge in [-0.3, -0.25) is 19.5 Å². The van der Waals surface area contributed by atoms with Crippen molar-refractivity contribution in [3.05, 3.63) is 98.7 Å². The van der Waals surface area contributed by atoms with E-state index < -0.39 is 30.2 Å². The van der Waals surface area contributed by atoms with Crippen molar-refractivity contribution in [1.29, 1.82) is 0 Å². The van der Waals surface area contributed by atoms with Gasteiger partial charge in [0.2, 0.25) is 11.7 Å². The lowest BCUT2D eigenvalue weighted by Gasteiger charge is -2.39. The van der Waals surface area contributed by atoms with Crippen LogP contribution in [0.3, 0.4) is 0 Å². The Hall–Kier alpha value is -4.52. The molecule has 5 aromatic rings. The van der Waals surface area contributed by atoms with Gasteiger partial charge in [-0.25, -0.2) is 0 Å². The second kappa shape index (κ2) is 12.9. The average Bonchev–Trinajstić information content (AvgIpc) is 3.69. The molecule has 4 heterocycles. The third kappa shape index (κ3) is 6.68. The first-order valence-electron chi connectivity index (χ1n) is 16.3. The Morgan fingerprint density at radius 3 is 2.45 bits per heavy atom. The smallest absolute Gasteiger partial charge is 0.416 e. The molecule has 3 aromatic heterocycles. The molecule has 0 radical (unpaired) electrons. The zero-order chi connectivity index (χ0) is 36.3. The molecule has 1 aliphatic carbocycles. The Balaban J connectivity index is 1.25. The van der Waals surface area contributed by atoms with Crippen molar-refractivity contribution in [2.75, 3.05) is 31.7 Å². The molecule has 1 spiro atoms. The number of piperidine rings is 1. The number of hydrogen-bond donors (Lipinski definition) is 2. The molecule has 7 rings (SSSR count). The second-order valence-corrected chi connectivity index (χ2v) is 17.1. The van der Waals surface area contributed by atoms with Gasteiger partial charge in [-0.05, 0) is 82.4 Å². The number of carbonyl (C=O) groups excluding carboxylic acids is 1. The molecule has 1 aliphatic heterocycles. The third-order valence-corrected chi connectivity index (χ3v) is 11.7. The SMILES string of the molecule is CP(C)(=O)c1ccc(-c2nc3n(CC(=O)Nc4ccc(C(F)(F)F)cc4Cl)c4c(c(=O)n3n2)C2(CC4)CCN(Cc3ncccc3O)CC2)cc1. The largest absolute Gasteiger partial charge is 0.506 e. The van der Waals surface area contributed by atoms with Crippen molar-refractivity contribution in [1.82, 2.24) is 29.0 Å². The summed E-state index contributed by atoms with van der Waals surface area (Å²) in [5.74, 6) is -0.0716. The van der Waals surface area contributed by atoms with Gasteiger partial charge in [0.05, 0.1) is 22.0 Å². The van der Waals surface area contributed by atoms with E-state index in [1.807, 2.05) is 0 Å². The zero-order valence-electron chi connectivity index (χ0n) is 27.7. The molecule has 1 fully saturated rings. The van der Waals surface area contributed by atoms with Crippen LogP contribution in [-0.4, -0.2) is 66.5 Å². The molecule has 1 saturated heterocycles. The van der Waals surface area contributed by atoms with Gasteiger partial charge in [0.15, 0.2) is 5.82 Å². The molecular formula is C35H34ClF3N7O4P. The number of aromatic nitrogens is 5. The van der Waals surface area contributed by atoms with Crippen LogP contribution in [0.15, 0.2) is 65.6 Å². The van der Waals surface area contributed by atoms with Gasteiger partial charge in [0, 0.05) is 40.3 Å². The van der Waals surface area contributed by atoms with Gasteiger partial charge in [0.25, 0.3) is 5.56 Å². The van der Waals surface area contributed by atoms with Crippen LogP contribution >= 0.6 is 18.7 Å². The van der Waals surface area contributed by atoms with E-state index in [9.17, 15) is 32.4 Å². The maximum absolute atomic E-state index is 14.4. The summed E-state index contributed by atoms with van der Waals surface area (Å²) >= 11 is 6.14. The summed E-state index contributed by atoms with van der Waals surface area (Å²) < 4.78 is 55.2. The number of anilines is 1. The first kappa shape index (κ1) is 34.9. The number of fused-ring (bicyclic) bond motifs is 3. The lowest BCUT2D eigenvalue weighted by molar-refractivity contribution is -0.137. The van der Waals surface area contributed by atoms with E-state index in [4.69, 9.17) is 16.6 Å². The molecule has 11 nitrogen and oxygen atoms in total. The van der Waals surface area contributed by atoms with Crippen LogP contribution in [-0.2, 0) is 40.5 Å². The van der Waals surface area contributed by atoms with Crippen LogP contribution in [0.4, 0.5) is 18.9 Å². The van der Waals surface area contributed by atoms with Crippen molar-refractivity contribution < 1.29 is 27.6 Å². The zero-order valence-corrected chi connectivity index (χ0v) is 29.4. The highest BCUT2D eigenvalue weighted by Crippen LogP contribution is 2.45. The summed E-state index contributed by atoms with van der Waals surface area (Å²) in [6, 6.07) is 12.9. The maximum Gasteiger partial charge on any atom is 0.416 e. The predicted molar refractivity (Wildman–Crippen MR) is 187 cm³/mol. The highest BCUT2D eigenvalue weighted by Gasteiger charge is 2.46. The van der Waals surface area contributed by atoms with E-state index >= 15 is 0 Å². The lowest BCUT2D eigenvalue weighted by Crippen LogP contribution is -2.44. The first-order valence-corrected chi connectivity index (χ1v) is 19.3. The summed E-state index contributed by atoms with van der Waals surface area (Å²) in [4.78, 5) is 39.1. The number of hydrogen-bond acceptors (Lipinski definition) is 8. The molecule has 266 valence electrons. The fraction of sp³-hybridized carbons (Fsp3) is 0.343. The van der Waals surface area contributed by atoms with Crippen molar-refractivity contribution in [3.63, 3.8) is 0 Å². The quantitative estimate of drug-likeness (QED) is 0.203. The summed E-state index contributed by atoms with van der Waals surface area (Å²) in [5, 5.41) is 17.9. The normalized spacial score (nSPS) is 16.1. The van der Waals surface area contributed by atoms with Gasteiger partial charge < -0.3 is 19.6 Å². The number of alkyl halides is 3. The topological polar surface area (TPSA) is 135 Å². The minimum absolute atomic E-state index is 0.0116. The third-order valence-electron chi connectivity index (χ3n) is 9.90. The molecule has 2 aromatic carbocycles. The van der Waals surface area contributed by atoms with Crippen molar-refractivity contribution in [2.45, 2.75) is 50.4 Å². The number of nitrogens with zero attached hydrogens (tertiary/aromatic N) is 6. The van der Waals surface area contributed by atoms with Crippen LogP contribution < -0.4 is 16.2 Å². The number of halogens is 4. The monoisotopic (exact) mass is 739 g/mol. The Bertz CT molecular complexity index is 2280. The average molecular weight is 740 g/mol. The van der Waals surface area contributed by atoms with E-state index in [2.05, 4.69) is 20.3 Å². The van der Waals surface area contributed by atoms with E-state index in [1.54, 1.807) is 60.5 Å². The summed E-state index contributed by atoms with van der Waals surface area (Å²) in [5.41, 5.74) is 0.648. The fourth-order valence-corrected chi connectivity index (χ4v) is 8.26. The minimum atomic E-state index is -4.60. The Kier molecular flexibility index (Phi) is 8.84. The molecule has 0 unspecified atom stereocenters. The van der Waals surface area contributed by atoms with Crippen LogP contribution in [0.1, 0.15) is 41.8 Å². The highest BCUT2D eigenvalue weighted by molar-refractivity contribution is 7.70. The number of amides is 1.